The normalized spacial score (nSPS) is 12.0. The molecule has 12 heteroatoms. The molecule has 0 amide bonds. The highest BCUT2D eigenvalue weighted by atomic mass is 32.2. The van der Waals surface area contributed by atoms with E-state index in [4.69, 9.17) is 0 Å². The molecule has 0 radical (unpaired) electrons. The van der Waals surface area contributed by atoms with Gasteiger partial charge >= 0.3 is 0 Å². The molecule has 160 valence electrons. The third kappa shape index (κ3) is 4.60. The van der Waals surface area contributed by atoms with Crippen LogP contribution in [0.2, 0.25) is 0 Å². The lowest BCUT2D eigenvalue weighted by Gasteiger charge is -2.11. The highest BCUT2D eigenvalue weighted by Gasteiger charge is 2.21. The van der Waals surface area contributed by atoms with Crippen molar-refractivity contribution in [3.63, 3.8) is 0 Å². The average molecular weight is 451 g/mol. The second-order valence-electron chi connectivity index (χ2n) is 6.59. The van der Waals surface area contributed by atoms with Gasteiger partial charge in [-0.15, -0.1) is 0 Å². The Labute approximate surface area is 175 Å². The Hall–Kier alpha value is -2.99. The molecule has 0 fully saturated rings. The van der Waals surface area contributed by atoms with E-state index < -0.39 is 20.0 Å². The minimum Gasteiger partial charge on any atom is -0.280 e. The maximum atomic E-state index is 12.6. The van der Waals surface area contributed by atoms with E-state index in [1.165, 1.54) is 36.5 Å². The molecule has 2 aromatic heterocycles. The third-order valence-corrected chi connectivity index (χ3v) is 7.12. The molecule has 0 aliphatic rings. The second-order valence-corrected chi connectivity index (χ2v) is 9.92. The largest absolute Gasteiger partial charge is 0.280 e. The minimum atomic E-state index is -3.90. The van der Waals surface area contributed by atoms with Gasteiger partial charge in [-0.25, -0.2) is 26.8 Å². The molecule has 0 unspecified atom stereocenters. The number of nitrogens with one attached hydrogen (secondary N) is 2. The average Bonchev–Trinajstić information content (AvgIpc) is 3.02. The van der Waals surface area contributed by atoms with Gasteiger partial charge in [0, 0.05) is 24.0 Å². The highest BCUT2D eigenvalue weighted by Crippen LogP contribution is 2.22. The minimum absolute atomic E-state index is 0.0330. The standard InChI is InChI=1S/C18H22N6O4S2/c1-5-24-13(3)17(11-19-24)30(27,28)22-15-6-8-16(9-7-15)29(25,26)23-18-10-12(2)20-14(4)21-18/h6-11,22H,5H2,1-4H3,(H,20,21,23). The number of benzene rings is 1. The van der Waals surface area contributed by atoms with E-state index in [0.29, 0.717) is 23.8 Å². The van der Waals surface area contributed by atoms with Crippen molar-refractivity contribution in [2.45, 2.75) is 44.0 Å². The van der Waals surface area contributed by atoms with Gasteiger partial charge in [-0.3, -0.25) is 14.1 Å². The smallest absolute Gasteiger partial charge is 0.265 e. The van der Waals surface area contributed by atoms with Crippen LogP contribution in [-0.2, 0) is 26.6 Å². The fourth-order valence-corrected chi connectivity index (χ4v) is 5.12. The van der Waals surface area contributed by atoms with E-state index in [0.717, 1.165) is 0 Å². The molecule has 30 heavy (non-hydrogen) atoms. The highest BCUT2D eigenvalue weighted by molar-refractivity contribution is 7.93. The van der Waals surface area contributed by atoms with Crippen LogP contribution < -0.4 is 9.44 Å². The molecule has 2 N–H and O–H groups in total. The Morgan fingerprint density at radius 1 is 0.933 bits per heavy atom. The summed E-state index contributed by atoms with van der Waals surface area (Å²) in [4.78, 5) is 8.20. The number of hydrogen-bond acceptors (Lipinski definition) is 7. The van der Waals surface area contributed by atoms with Gasteiger partial charge in [0.15, 0.2) is 0 Å². The Bertz CT molecular complexity index is 1260. The van der Waals surface area contributed by atoms with Crippen molar-refractivity contribution in [3.8, 4) is 0 Å². The second kappa shape index (κ2) is 8.03. The van der Waals surface area contributed by atoms with E-state index in [2.05, 4.69) is 24.5 Å². The van der Waals surface area contributed by atoms with Crippen LogP contribution in [0.3, 0.4) is 0 Å². The summed E-state index contributed by atoms with van der Waals surface area (Å²) in [7, 11) is -7.75. The van der Waals surface area contributed by atoms with Crippen molar-refractivity contribution >= 4 is 31.6 Å². The summed E-state index contributed by atoms with van der Waals surface area (Å²) in [5.74, 6) is 0.604. The van der Waals surface area contributed by atoms with Gasteiger partial charge in [-0.2, -0.15) is 5.10 Å². The van der Waals surface area contributed by atoms with E-state index in [9.17, 15) is 16.8 Å². The number of rotatable bonds is 7. The van der Waals surface area contributed by atoms with Crippen molar-refractivity contribution in [2.24, 2.45) is 0 Å². The maximum absolute atomic E-state index is 12.6. The number of sulfonamides is 2. The van der Waals surface area contributed by atoms with Crippen LogP contribution in [0.25, 0.3) is 0 Å². The van der Waals surface area contributed by atoms with Gasteiger partial charge in [-0.1, -0.05) is 0 Å². The molecule has 0 aliphatic heterocycles. The zero-order chi connectivity index (χ0) is 22.1. The fraction of sp³-hybridized carbons (Fsp3) is 0.278. The number of anilines is 2. The van der Waals surface area contributed by atoms with Crippen LogP contribution in [0.5, 0.6) is 0 Å². The first-order valence-electron chi connectivity index (χ1n) is 9.02. The van der Waals surface area contributed by atoms with Gasteiger partial charge in [-0.05, 0) is 52.0 Å². The molecule has 3 aromatic rings. The Morgan fingerprint density at radius 2 is 1.60 bits per heavy atom. The van der Waals surface area contributed by atoms with Crippen molar-refractivity contribution in [2.75, 3.05) is 9.44 Å². The summed E-state index contributed by atoms with van der Waals surface area (Å²) >= 11 is 0. The molecule has 0 aliphatic carbocycles. The lowest BCUT2D eigenvalue weighted by molar-refractivity contribution is 0.598. The van der Waals surface area contributed by atoms with Crippen molar-refractivity contribution in [3.05, 3.63) is 53.7 Å². The van der Waals surface area contributed by atoms with Crippen LogP contribution in [0.4, 0.5) is 11.5 Å². The molecular weight excluding hydrogens is 428 g/mol. The molecule has 0 atom stereocenters. The van der Waals surface area contributed by atoms with Gasteiger partial charge in [0.05, 0.1) is 16.8 Å². The van der Waals surface area contributed by atoms with Gasteiger partial charge < -0.3 is 0 Å². The number of aromatic nitrogens is 4. The summed E-state index contributed by atoms with van der Waals surface area (Å²) in [5.41, 5.74) is 1.38. The van der Waals surface area contributed by atoms with Gasteiger partial charge in [0.25, 0.3) is 20.0 Å². The number of hydrogen-bond donors (Lipinski definition) is 2. The molecular formula is C18H22N6O4S2. The predicted molar refractivity (Wildman–Crippen MR) is 112 cm³/mol. The summed E-state index contributed by atoms with van der Waals surface area (Å²) in [6.45, 7) is 7.48. The van der Waals surface area contributed by atoms with E-state index in [1.807, 2.05) is 6.92 Å². The third-order valence-electron chi connectivity index (χ3n) is 4.27. The lowest BCUT2D eigenvalue weighted by Crippen LogP contribution is -2.16. The van der Waals surface area contributed by atoms with Crippen LogP contribution in [0.15, 0.2) is 46.3 Å². The lowest BCUT2D eigenvalue weighted by atomic mass is 10.3. The number of aryl methyl sites for hydroxylation is 3. The van der Waals surface area contributed by atoms with Gasteiger partial charge in [0.2, 0.25) is 0 Å². The molecule has 3 rings (SSSR count). The van der Waals surface area contributed by atoms with Crippen LogP contribution in [0, 0.1) is 20.8 Å². The van der Waals surface area contributed by atoms with E-state index in [1.54, 1.807) is 25.5 Å². The fourth-order valence-electron chi connectivity index (χ4n) is 2.89. The van der Waals surface area contributed by atoms with Crippen molar-refractivity contribution in [1.82, 2.24) is 19.7 Å². The molecule has 0 saturated carbocycles. The first-order valence-corrected chi connectivity index (χ1v) is 12.0. The number of nitrogens with zero attached hydrogens (tertiary/aromatic N) is 4. The summed E-state index contributed by atoms with van der Waals surface area (Å²) in [6, 6.07) is 6.89. The zero-order valence-electron chi connectivity index (χ0n) is 16.9. The van der Waals surface area contributed by atoms with Crippen LogP contribution >= 0.6 is 0 Å². The van der Waals surface area contributed by atoms with Crippen molar-refractivity contribution < 1.29 is 16.8 Å². The van der Waals surface area contributed by atoms with E-state index >= 15 is 0 Å². The predicted octanol–water partition coefficient (Wildman–Crippen LogP) is 2.22. The summed E-state index contributed by atoms with van der Waals surface area (Å²) in [6.07, 6.45) is 1.29. The Morgan fingerprint density at radius 3 is 2.17 bits per heavy atom. The van der Waals surface area contributed by atoms with E-state index in [-0.39, 0.29) is 21.3 Å². The molecule has 0 saturated heterocycles. The molecule has 0 bridgehead atoms. The topological polar surface area (TPSA) is 136 Å². The van der Waals surface area contributed by atoms with Crippen LogP contribution in [-0.4, -0.2) is 36.6 Å². The summed E-state index contributed by atoms with van der Waals surface area (Å²) in [5, 5.41) is 4.04. The zero-order valence-corrected chi connectivity index (χ0v) is 18.5. The Kier molecular flexibility index (Phi) is 5.81. The molecule has 1 aromatic carbocycles. The summed E-state index contributed by atoms with van der Waals surface area (Å²) < 4.78 is 56.9. The molecule has 0 spiro atoms. The molecule has 2 heterocycles. The first-order chi connectivity index (χ1) is 14.0. The SMILES string of the molecule is CCn1ncc(S(=O)(=O)Nc2ccc(S(=O)(=O)Nc3cc(C)nc(C)n3)cc2)c1C. The monoisotopic (exact) mass is 450 g/mol. The molecule has 10 nitrogen and oxygen atoms in total. The quantitative estimate of drug-likeness (QED) is 0.563. The maximum Gasteiger partial charge on any atom is 0.265 e. The van der Waals surface area contributed by atoms with Crippen LogP contribution in [0.1, 0.15) is 24.1 Å². The van der Waals surface area contributed by atoms with Crippen molar-refractivity contribution in [1.29, 1.82) is 0 Å². The Balaban J connectivity index is 1.80. The first kappa shape index (κ1) is 21.7. The van der Waals surface area contributed by atoms with Gasteiger partial charge in [0.1, 0.15) is 16.5 Å².